The summed E-state index contributed by atoms with van der Waals surface area (Å²) in [5, 5.41) is 0. The van der Waals surface area contributed by atoms with E-state index < -0.39 is 0 Å². The Kier molecular flexibility index (Phi) is 91.3. The van der Waals surface area contributed by atoms with Crippen molar-refractivity contribution in [2.45, 2.75) is 6.42 Å². The molecule has 2 rings (SSSR count). The Morgan fingerprint density at radius 3 is 1.45 bits per heavy atom. The van der Waals surface area contributed by atoms with Crippen LogP contribution in [-0.2, 0) is 21.7 Å². The molecule has 1 aromatic rings. The molecule has 0 N–H and O–H groups in total. The minimum absolute atomic E-state index is 0. The first kappa shape index (κ1) is 50.2. The van der Waals surface area contributed by atoms with Gasteiger partial charge in [-0.2, -0.15) is 30.7 Å². The summed E-state index contributed by atoms with van der Waals surface area (Å²) in [6.45, 7) is 3.72. The van der Waals surface area contributed by atoms with Crippen LogP contribution in [0.1, 0.15) is 12.0 Å². The molecule has 0 spiro atoms. The number of rotatable bonds is 0. The maximum atomic E-state index is 3.72. The van der Waals surface area contributed by atoms with E-state index in [0.29, 0.717) is 0 Å². The Bertz CT molecular complexity index is 260. The van der Waals surface area contributed by atoms with Gasteiger partial charge in [-0.3, -0.25) is 6.08 Å². The predicted molar refractivity (Wildman–Crippen MR) is 99.0 cm³/mol. The molecule has 0 nitrogen and oxygen atoms in total. The van der Waals surface area contributed by atoms with Gasteiger partial charge in [-0.1, -0.05) is 6.07 Å². The smallest absolute Gasteiger partial charge is 0 e. The van der Waals surface area contributed by atoms with E-state index in [1.54, 1.807) is 0 Å². The standard InChI is InChI=1S/C7H7.C5H5.5CH3.2ClH.Ti/c1-7-5-3-2-4-6-7;1-2-4-5-3-1;;;;;;;;/h2-6H,1H2;1-3H,4H2;5*1H3;2*1H;/q7*-1;;;. The van der Waals surface area contributed by atoms with E-state index in [1.165, 1.54) is 0 Å². The first-order chi connectivity index (χ1) is 5.89. The third-order valence-electron chi connectivity index (χ3n) is 1.43. The molecule has 3 heteroatoms. The zero-order chi connectivity index (χ0) is 8.65. The van der Waals surface area contributed by atoms with Gasteiger partial charge in [0.15, 0.2) is 0 Å². The van der Waals surface area contributed by atoms with Crippen LogP contribution in [-0.4, -0.2) is 0 Å². The molecule has 1 aromatic carbocycles. The third-order valence-corrected chi connectivity index (χ3v) is 1.43. The van der Waals surface area contributed by atoms with Gasteiger partial charge in [0.1, 0.15) is 0 Å². The van der Waals surface area contributed by atoms with Crippen molar-refractivity contribution in [1.29, 1.82) is 0 Å². The fourth-order valence-corrected chi connectivity index (χ4v) is 0.818. The van der Waals surface area contributed by atoms with E-state index in [2.05, 4.69) is 19.1 Å². The van der Waals surface area contributed by atoms with Gasteiger partial charge in [0, 0.05) is 21.7 Å². The Balaban J connectivity index is -0.0000000174. The molecule has 0 aliphatic heterocycles. The molecule has 0 bridgehead atoms. The summed E-state index contributed by atoms with van der Waals surface area (Å²) in [6, 6.07) is 9.87. The number of hydrogen-bond donors (Lipinski definition) is 0. The van der Waals surface area contributed by atoms with Crippen LogP contribution in [0.5, 0.6) is 0 Å². The summed E-state index contributed by atoms with van der Waals surface area (Å²) in [5.41, 5.74) is 1.07. The second-order valence-corrected chi connectivity index (χ2v) is 2.49. The minimum atomic E-state index is 0. The quantitative estimate of drug-likeness (QED) is 0.381. The topological polar surface area (TPSA) is 0 Å². The van der Waals surface area contributed by atoms with Gasteiger partial charge in [-0.25, -0.2) is 12.2 Å². The van der Waals surface area contributed by atoms with E-state index in [0.717, 1.165) is 12.0 Å². The molecule has 1 aliphatic carbocycles. The van der Waals surface area contributed by atoms with Crippen LogP contribution in [0.4, 0.5) is 0 Å². The number of benzene rings is 1. The van der Waals surface area contributed by atoms with Gasteiger partial charge in [0.25, 0.3) is 0 Å². The Morgan fingerprint density at radius 2 is 1.30 bits per heavy atom. The Labute approximate surface area is 156 Å². The van der Waals surface area contributed by atoms with Crippen LogP contribution in [0.2, 0.25) is 0 Å². The van der Waals surface area contributed by atoms with Crippen LogP contribution in [0.25, 0.3) is 0 Å². The Morgan fingerprint density at radius 1 is 0.850 bits per heavy atom. The summed E-state index contributed by atoms with van der Waals surface area (Å²) >= 11 is 0. The molecule has 0 saturated heterocycles. The summed E-state index contributed by atoms with van der Waals surface area (Å²) in [7, 11) is 0. The van der Waals surface area contributed by atoms with Crippen molar-refractivity contribution in [3.63, 3.8) is 0 Å². The molecule has 1 aliphatic rings. The van der Waals surface area contributed by atoms with Crippen LogP contribution >= 0.6 is 24.8 Å². The molecule has 0 fully saturated rings. The number of halogens is 2. The average molecular weight is 352 g/mol. The molecule has 122 valence electrons. The van der Waals surface area contributed by atoms with Gasteiger partial charge < -0.3 is 37.1 Å². The van der Waals surface area contributed by atoms with E-state index >= 15 is 0 Å². The van der Waals surface area contributed by atoms with Crippen molar-refractivity contribution >= 4 is 24.8 Å². The molecule has 0 unspecified atom stereocenters. The fraction of sp³-hybridized carbons (Fsp3) is 0.0588. The van der Waals surface area contributed by atoms with E-state index in [1.807, 2.05) is 42.5 Å². The summed E-state index contributed by atoms with van der Waals surface area (Å²) in [4.78, 5) is 0. The SMILES string of the molecule is Cl.Cl.[C-]1=CC=CC1.[CH2-]c1ccccc1.[CH3-].[CH3-].[CH3-].[CH3-].[CH3-].[Ti]. The van der Waals surface area contributed by atoms with Gasteiger partial charge in [0.2, 0.25) is 0 Å². The van der Waals surface area contributed by atoms with Crippen LogP contribution in [0.3, 0.4) is 0 Å². The van der Waals surface area contributed by atoms with Crippen molar-refractivity contribution in [3.05, 3.63) is 104 Å². The summed E-state index contributed by atoms with van der Waals surface area (Å²) in [6.07, 6.45) is 10.0. The first-order valence-electron chi connectivity index (χ1n) is 3.98. The van der Waals surface area contributed by atoms with Crippen LogP contribution in [0.15, 0.2) is 48.6 Å². The normalized spacial score (nSPS) is 7.40. The molecular weight excluding hydrogens is 323 g/mol. The fourth-order valence-electron chi connectivity index (χ4n) is 0.818. The van der Waals surface area contributed by atoms with E-state index in [4.69, 9.17) is 0 Å². The average Bonchev–Trinajstić information content (AvgIpc) is 2.62. The monoisotopic (exact) mass is 351 g/mol. The first-order valence-corrected chi connectivity index (χ1v) is 3.98. The molecule has 0 aromatic heterocycles. The molecule has 0 saturated carbocycles. The summed E-state index contributed by atoms with van der Waals surface area (Å²) in [5.74, 6) is 0. The second-order valence-electron chi connectivity index (χ2n) is 2.49. The number of allylic oxidation sites excluding steroid dienone is 4. The maximum absolute atomic E-state index is 3.72. The second kappa shape index (κ2) is 36.4. The number of hydrogen-bond acceptors (Lipinski definition) is 0. The Hall–Kier alpha value is -0.136. The maximum Gasteiger partial charge on any atom is 0 e. The van der Waals surface area contributed by atoms with Gasteiger partial charge in [0.05, 0.1) is 0 Å². The summed E-state index contributed by atoms with van der Waals surface area (Å²) < 4.78 is 0. The van der Waals surface area contributed by atoms with Gasteiger partial charge in [-0.15, -0.1) is 43.4 Å². The van der Waals surface area contributed by atoms with Gasteiger partial charge >= 0.3 is 0 Å². The zero-order valence-corrected chi connectivity index (χ0v) is 16.5. The van der Waals surface area contributed by atoms with Crippen molar-refractivity contribution in [1.82, 2.24) is 0 Å². The van der Waals surface area contributed by atoms with E-state index in [-0.39, 0.29) is 83.7 Å². The van der Waals surface area contributed by atoms with Gasteiger partial charge in [-0.05, 0) is 0 Å². The van der Waals surface area contributed by atoms with Crippen LogP contribution in [0, 0.1) is 50.1 Å². The zero-order valence-electron chi connectivity index (χ0n) is 13.3. The predicted octanol–water partition coefficient (Wildman–Crippen LogP) is 6.27. The van der Waals surface area contributed by atoms with Crippen LogP contribution < -0.4 is 0 Å². The van der Waals surface area contributed by atoms with Crippen molar-refractivity contribution in [3.8, 4) is 0 Å². The largest absolute Gasteiger partial charge is 0.358 e. The van der Waals surface area contributed by atoms with Crippen molar-refractivity contribution < 1.29 is 21.7 Å². The van der Waals surface area contributed by atoms with Crippen molar-refractivity contribution in [2.75, 3.05) is 0 Å². The molecule has 0 amide bonds. The third kappa shape index (κ3) is 30.7. The molecule has 0 heterocycles. The molecule has 20 heavy (non-hydrogen) atoms. The molecular formula is C17H29Cl2Ti-7. The van der Waals surface area contributed by atoms with E-state index in [9.17, 15) is 0 Å². The van der Waals surface area contributed by atoms with Crippen molar-refractivity contribution in [2.24, 2.45) is 0 Å². The molecule has 0 radical (unpaired) electrons. The molecule has 0 atom stereocenters. The minimum Gasteiger partial charge on any atom is -0.358 e.